The van der Waals surface area contributed by atoms with E-state index in [9.17, 15) is 4.39 Å². The van der Waals surface area contributed by atoms with E-state index in [1.807, 2.05) is 12.1 Å². The Labute approximate surface area is 113 Å². The van der Waals surface area contributed by atoms with Crippen LogP contribution >= 0.6 is 15.9 Å². The molecule has 1 N–H and O–H groups in total. The lowest BCUT2D eigenvalue weighted by Gasteiger charge is -2.14. The van der Waals surface area contributed by atoms with Crippen molar-refractivity contribution in [2.75, 3.05) is 5.32 Å². The van der Waals surface area contributed by atoms with Crippen molar-refractivity contribution in [3.63, 3.8) is 0 Å². The molecule has 3 rings (SSSR count). The molecule has 0 radical (unpaired) electrons. The summed E-state index contributed by atoms with van der Waals surface area (Å²) in [5, 5.41) is 3.34. The highest BCUT2D eigenvalue weighted by Crippen LogP contribution is 2.32. The summed E-state index contributed by atoms with van der Waals surface area (Å²) in [6, 6.07) is 9.33. The SMILES string of the molecule is Fc1cc(NC2CCc3cccnc32)ccc1Br. The standard InChI is InChI=1S/C14H12BrFN2/c15-11-5-4-10(8-12(11)16)18-13-6-3-9-2-1-7-17-14(9)13/h1-2,4-5,7-8,13,18H,3,6H2. The molecular weight excluding hydrogens is 295 g/mol. The molecule has 0 aliphatic heterocycles. The summed E-state index contributed by atoms with van der Waals surface area (Å²) < 4.78 is 13.9. The smallest absolute Gasteiger partial charge is 0.139 e. The molecular formula is C14H12BrFN2. The molecule has 0 saturated carbocycles. The number of anilines is 1. The van der Waals surface area contributed by atoms with E-state index in [1.54, 1.807) is 12.3 Å². The van der Waals surface area contributed by atoms with E-state index in [4.69, 9.17) is 0 Å². The number of halogens is 2. The van der Waals surface area contributed by atoms with E-state index < -0.39 is 0 Å². The first kappa shape index (κ1) is 11.7. The molecule has 0 spiro atoms. The number of benzene rings is 1. The van der Waals surface area contributed by atoms with Crippen molar-refractivity contribution >= 4 is 21.6 Å². The zero-order chi connectivity index (χ0) is 12.5. The first-order valence-electron chi connectivity index (χ1n) is 5.89. The number of fused-ring (bicyclic) bond motifs is 1. The highest BCUT2D eigenvalue weighted by atomic mass is 79.9. The second kappa shape index (κ2) is 4.69. The number of nitrogens with zero attached hydrogens (tertiary/aromatic N) is 1. The molecule has 1 atom stereocenters. The summed E-state index contributed by atoms with van der Waals surface area (Å²) >= 11 is 3.15. The number of hydrogen-bond acceptors (Lipinski definition) is 2. The van der Waals surface area contributed by atoms with E-state index in [-0.39, 0.29) is 11.9 Å². The van der Waals surface area contributed by atoms with Crippen molar-refractivity contribution < 1.29 is 4.39 Å². The van der Waals surface area contributed by atoms with Gasteiger partial charge < -0.3 is 5.32 Å². The molecule has 92 valence electrons. The monoisotopic (exact) mass is 306 g/mol. The third kappa shape index (κ3) is 2.12. The Morgan fingerprint density at radius 2 is 2.22 bits per heavy atom. The number of nitrogens with one attached hydrogen (secondary N) is 1. The maximum absolute atomic E-state index is 13.4. The highest BCUT2D eigenvalue weighted by Gasteiger charge is 2.23. The van der Waals surface area contributed by atoms with Gasteiger partial charge in [0.25, 0.3) is 0 Å². The Hall–Kier alpha value is -1.42. The van der Waals surface area contributed by atoms with Gasteiger partial charge in [-0.2, -0.15) is 0 Å². The lowest BCUT2D eigenvalue weighted by Crippen LogP contribution is -2.08. The summed E-state index contributed by atoms with van der Waals surface area (Å²) in [7, 11) is 0. The summed E-state index contributed by atoms with van der Waals surface area (Å²) in [5.41, 5.74) is 3.16. The Morgan fingerprint density at radius 3 is 3.06 bits per heavy atom. The van der Waals surface area contributed by atoms with Crippen LogP contribution < -0.4 is 5.32 Å². The van der Waals surface area contributed by atoms with E-state index in [2.05, 4.69) is 32.3 Å². The van der Waals surface area contributed by atoms with E-state index in [0.29, 0.717) is 4.47 Å². The van der Waals surface area contributed by atoms with Gasteiger partial charge in [0.15, 0.2) is 0 Å². The molecule has 1 aliphatic rings. The zero-order valence-electron chi connectivity index (χ0n) is 9.66. The Bertz CT molecular complexity index is 586. The third-order valence-corrected chi connectivity index (χ3v) is 3.86. The second-order valence-corrected chi connectivity index (χ2v) is 5.27. The lowest BCUT2D eigenvalue weighted by molar-refractivity contribution is 0.620. The van der Waals surface area contributed by atoms with Crippen LogP contribution in [0.25, 0.3) is 0 Å². The van der Waals surface area contributed by atoms with Crippen LogP contribution in [0.15, 0.2) is 41.0 Å². The van der Waals surface area contributed by atoms with Gasteiger partial charge in [-0.1, -0.05) is 6.07 Å². The maximum Gasteiger partial charge on any atom is 0.139 e. The van der Waals surface area contributed by atoms with Crippen LogP contribution in [-0.2, 0) is 6.42 Å². The number of hydrogen-bond donors (Lipinski definition) is 1. The van der Waals surface area contributed by atoms with Crippen LogP contribution in [0, 0.1) is 5.82 Å². The molecule has 2 aromatic rings. The summed E-state index contributed by atoms with van der Waals surface area (Å²) in [6.07, 6.45) is 3.84. The van der Waals surface area contributed by atoms with Crippen molar-refractivity contribution in [1.82, 2.24) is 4.98 Å². The van der Waals surface area contributed by atoms with Crippen molar-refractivity contribution in [2.24, 2.45) is 0 Å². The zero-order valence-corrected chi connectivity index (χ0v) is 11.2. The summed E-state index contributed by atoms with van der Waals surface area (Å²) in [4.78, 5) is 4.41. The molecule has 0 amide bonds. The molecule has 0 fully saturated rings. The molecule has 1 unspecified atom stereocenters. The molecule has 2 nitrogen and oxygen atoms in total. The minimum absolute atomic E-state index is 0.182. The molecule has 1 aliphatic carbocycles. The lowest BCUT2D eigenvalue weighted by atomic mass is 10.2. The third-order valence-electron chi connectivity index (χ3n) is 3.22. The van der Waals surface area contributed by atoms with Crippen LogP contribution in [0.2, 0.25) is 0 Å². The Morgan fingerprint density at radius 1 is 1.33 bits per heavy atom. The number of rotatable bonds is 2. The number of aromatic nitrogens is 1. The first-order valence-corrected chi connectivity index (χ1v) is 6.69. The fourth-order valence-corrected chi connectivity index (χ4v) is 2.59. The normalized spacial score (nSPS) is 17.6. The van der Waals surface area contributed by atoms with Crippen molar-refractivity contribution in [3.8, 4) is 0 Å². The van der Waals surface area contributed by atoms with Gasteiger partial charge in [0.2, 0.25) is 0 Å². The molecule has 4 heteroatoms. The van der Waals surface area contributed by atoms with Crippen LogP contribution in [0.4, 0.5) is 10.1 Å². The highest BCUT2D eigenvalue weighted by molar-refractivity contribution is 9.10. The average molecular weight is 307 g/mol. The topological polar surface area (TPSA) is 24.9 Å². The fourth-order valence-electron chi connectivity index (χ4n) is 2.34. The second-order valence-electron chi connectivity index (χ2n) is 4.41. The minimum Gasteiger partial charge on any atom is -0.377 e. The molecule has 18 heavy (non-hydrogen) atoms. The quantitative estimate of drug-likeness (QED) is 0.904. The predicted molar refractivity (Wildman–Crippen MR) is 73.0 cm³/mol. The Kier molecular flexibility index (Phi) is 3.04. The molecule has 1 heterocycles. The number of pyridine rings is 1. The minimum atomic E-state index is -0.251. The Balaban J connectivity index is 1.84. The molecule has 1 aromatic carbocycles. The van der Waals surface area contributed by atoms with E-state index in [0.717, 1.165) is 24.2 Å². The molecule has 0 bridgehead atoms. The van der Waals surface area contributed by atoms with Crippen molar-refractivity contribution in [2.45, 2.75) is 18.9 Å². The van der Waals surface area contributed by atoms with Gasteiger partial charge in [-0.05, 0) is 58.6 Å². The van der Waals surface area contributed by atoms with Gasteiger partial charge in [-0.25, -0.2) is 4.39 Å². The van der Waals surface area contributed by atoms with Gasteiger partial charge in [0, 0.05) is 11.9 Å². The van der Waals surface area contributed by atoms with Crippen molar-refractivity contribution in [3.05, 3.63) is 58.1 Å². The van der Waals surface area contributed by atoms with Crippen LogP contribution in [0.1, 0.15) is 23.7 Å². The van der Waals surface area contributed by atoms with Crippen molar-refractivity contribution in [1.29, 1.82) is 0 Å². The summed E-state index contributed by atoms with van der Waals surface area (Å²) in [5.74, 6) is -0.251. The predicted octanol–water partition coefficient (Wildman–Crippen LogP) is 4.08. The fraction of sp³-hybridized carbons (Fsp3) is 0.214. The molecule has 1 aromatic heterocycles. The van der Waals surface area contributed by atoms with Gasteiger partial charge in [-0.3, -0.25) is 4.98 Å². The number of aryl methyl sites for hydroxylation is 1. The first-order chi connectivity index (χ1) is 8.74. The van der Waals surface area contributed by atoms with Crippen LogP contribution in [0.3, 0.4) is 0 Å². The van der Waals surface area contributed by atoms with Gasteiger partial charge >= 0.3 is 0 Å². The maximum atomic E-state index is 13.4. The average Bonchev–Trinajstić information content (AvgIpc) is 2.78. The largest absolute Gasteiger partial charge is 0.377 e. The van der Waals surface area contributed by atoms with Crippen LogP contribution in [-0.4, -0.2) is 4.98 Å². The van der Waals surface area contributed by atoms with Gasteiger partial charge in [-0.15, -0.1) is 0 Å². The van der Waals surface area contributed by atoms with Gasteiger partial charge in [0.05, 0.1) is 16.2 Å². The van der Waals surface area contributed by atoms with Crippen LogP contribution in [0.5, 0.6) is 0 Å². The summed E-state index contributed by atoms with van der Waals surface area (Å²) in [6.45, 7) is 0. The van der Waals surface area contributed by atoms with Gasteiger partial charge in [0.1, 0.15) is 5.82 Å². The molecule has 0 saturated heterocycles. The van der Waals surface area contributed by atoms with E-state index >= 15 is 0 Å². The van der Waals surface area contributed by atoms with E-state index in [1.165, 1.54) is 11.6 Å².